The van der Waals surface area contributed by atoms with E-state index in [1.165, 1.54) is 25.9 Å². The van der Waals surface area contributed by atoms with Gasteiger partial charge < -0.3 is 5.11 Å². The van der Waals surface area contributed by atoms with E-state index in [4.69, 9.17) is 0 Å². The standard InChI is InChI=1S/C13H24N2O2/c1-2-5-12(13(16)17)15-9-6-11(10-15)14-7-3-4-8-14/h11-12H,2-10H2,1H3,(H,16,17). The van der Waals surface area contributed by atoms with Crippen molar-refractivity contribution in [3.8, 4) is 0 Å². The fourth-order valence-electron chi connectivity index (χ4n) is 3.19. The number of aliphatic carboxylic acids is 1. The molecule has 2 unspecified atom stereocenters. The molecule has 2 fully saturated rings. The molecule has 2 saturated heterocycles. The van der Waals surface area contributed by atoms with Crippen LogP contribution in [0.2, 0.25) is 0 Å². The number of hydrogen-bond acceptors (Lipinski definition) is 3. The molecule has 2 rings (SSSR count). The predicted octanol–water partition coefficient (Wildman–Crippen LogP) is 1.41. The van der Waals surface area contributed by atoms with Gasteiger partial charge in [-0.05, 0) is 38.8 Å². The second-order valence-electron chi connectivity index (χ2n) is 5.32. The molecule has 0 radical (unpaired) electrons. The Morgan fingerprint density at radius 2 is 2.06 bits per heavy atom. The van der Waals surface area contributed by atoms with Crippen LogP contribution in [0, 0.1) is 0 Å². The zero-order valence-electron chi connectivity index (χ0n) is 10.8. The molecule has 17 heavy (non-hydrogen) atoms. The molecule has 0 aliphatic carbocycles. The van der Waals surface area contributed by atoms with Crippen LogP contribution in [0.1, 0.15) is 39.0 Å². The van der Waals surface area contributed by atoms with Gasteiger partial charge in [-0.3, -0.25) is 14.6 Å². The molecule has 2 atom stereocenters. The van der Waals surface area contributed by atoms with Crippen LogP contribution in [0.15, 0.2) is 0 Å². The fraction of sp³-hybridized carbons (Fsp3) is 0.923. The van der Waals surface area contributed by atoms with E-state index in [-0.39, 0.29) is 6.04 Å². The Morgan fingerprint density at radius 3 is 2.65 bits per heavy atom. The lowest BCUT2D eigenvalue weighted by molar-refractivity contribution is -0.143. The zero-order valence-corrected chi connectivity index (χ0v) is 10.8. The third kappa shape index (κ3) is 2.99. The van der Waals surface area contributed by atoms with E-state index in [2.05, 4.69) is 16.7 Å². The van der Waals surface area contributed by atoms with Crippen molar-refractivity contribution < 1.29 is 9.90 Å². The minimum Gasteiger partial charge on any atom is -0.480 e. The first-order valence-corrected chi connectivity index (χ1v) is 6.93. The molecule has 0 aromatic rings. The summed E-state index contributed by atoms with van der Waals surface area (Å²) >= 11 is 0. The lowest BCUT2D eigenvalue weighted by Gasteiger charge is -2.26. The number of carboxylic acids is 1. The van der Waals surface area contributed by atoms with E-state index >= 15 is 0 Å². The lowest BCUT2D eigenvalue weighted by Crippen LogP contribution is -2.42. The van der Waals surface area contributed by atoms with Crippen molar-refractivity contribution in [1.29, 1.82) is 0 Å². The van der Waals surface area contributed by atoms with Crippen molar-refractivity contribution >= 4 is 5.97 Å². The van der Waals surface area contributed by atoms with Crippen LogP contribution in [0.3, 0.4) is 0 Å². The Labute approximate surface area is 104 Å². The average Bonchev–Trinajstić information content (AvgIpc) is 2.95. The quantitative estimate of drug-likeness (QED) is 0.789. The molecule has 0 spiro atoms. The van der Waals surface area contributed by atoms with E-state index in [9.17, 15) is 9.90 Å². The smallest absolute Gasteiger partial charge is 0.320 e. The lowest BCUT2D eigenvalue weighted by atomic mass is 10.1. The molecule has 4 nitrogen and oxygen atoms in total. The van der Waals surface area contributed by atoms with Gasteiger partial charge in [-0.25, -0.2) is 0 Å². The average molecular weight is 240 g/mol. The summed E-state index contributed by atoms with van der Waals surface area (Å²) in [5, 5.41) is 9.26. The van der Waals surface area contributed by atoms with Crippen molar-refractivity contribution in [3.63, 3.8) is 0 Å². The highest BCUT2D eigenvalue weighted by Crippen LogP contribution is 2.23. The summed E-state index contributed by atoms with van der Waals surface area (Å²) in [5.74, 6) is -0.645. The second-order valence-corrected chi connectivity index (χ2v) is 5.32. The monoisotopic (exact) mass is 240 g/mol. The van der Waals surface area contributed by atoms with E-state index in [1.54, 1.807) is 0 Å². The summed E-state index contributed by atoms with van der Waals surface area (Å²) in [6, 6.07) is 0.351. The summed E-state index contributed by atoms with van der Waals surface area (Å²) in [6.45, 7) is 6.40. The van der Waals surface area contributed by atoms with Crippen molar-refractivity contribution in [2.45, 2.75) is 51.1 Å². The number of nitrogens with zero attached hydrogens (tertiary/aromatic N) is 2. The molecule has 2 aliphatic heterocycles. The maximum Gasteiger partial charge on any atom is 0.320 e. The Morgan fingerprint density at radius 1 is 1.35 bits per heavy atom. The molecule has 0 saturated carbocycles. The number of rotatable bonds is 5. The third-order valence-corrected chi connectivity index (χ3v) is 4.14. The van der Waals surface area contributed by atoms with Crippen molar-refractivity contribution in [1.82, 2.24) is 9.80 Å². The van der Waals surface area contributed by atoms with Crippen LogP contribution >= 0.6 is 0 Å². The molecular formula is C13H24N2O2. The molecule has 0 aromatic heterocycles. The Balaban J connectivity index is 1.88. The third-order valence-electron chi connectivity index (χ3n) is 4.14. The summed E-state index contributed by atoms with van der Waals surface area (Å²) in [6.07, 6.45) is 5.50. The molecule has 2 aliphatic rings. The van der Waals surface area contributed by atoms with Gasteiger partial charge in [0.05, 0.1) is 0 Å². The Bertz CT molecular complexity index is 264. The van der Waals surface area contributed by atoms with Crippen molar-refractivity contribution in [2.24, 2.45) is 0 Å². The first-order valence-electron chi connectivity index (χ1n) is 6.93. The molecule has 0 aromatic carbocycles. The highest BCUT2D eigenvalue weighted by Gasteiger charge is 2.34. The summed E-state index contributed by atoms with van der Waals surface area (Å²) < 4.78 is 0. The van der Waals surface area contributed by atoms with Gasteiger partial charge in [-0.2, -0.15) is 0 Å². The minimum atomic E-state index is -0.645. The number of carboxylic acid groups (broad SMARTS) is 1. The van der Waals surface area contributed by atoms with Gasteiger partial charge in [0.2, 0.25) is 0 Å². The van der Waals surface area contributed by atoms with E-state index in [0.717, 1.165) is 32.4 Å². The Hall–Kier alpha value is -0.610. The SMILES string of the molecule is CCCC(C(=O)O)N1CCC(N2CCCC2)C1. The fourth-order valence-corrected chi connectivity index (χ4v) is 3.19. The minimum absolute atomic E-state index is 0.257. The van der Waals surface area contributed by atoms with Gasteiger partial charge in [0.15, 0.2) is 0 Å². The second kappa shape index (κ2) is 5.83. The first-order chi connectivity index (χ1) is 8.22. The van der Waals surface area contributed by atoms with Crippen molar-refractivity contribution in [2.75, 3.05) is 26.2 Å². The molecule has 0 amide bonds. The highest BCUT2D eigenvalue weighted by molar-refractivity contribution is 5.73. The molecule has 1 N–H and O–H groups in total. The highest BCUT2D eigenvalue weighted by atomic mass is 16.4. The molecule has 2 heterocycles. The summed E-state index contributed by atoms with van der Waals surface area (Å²) in [7, 11) is 0. The number of hydrogen-bond donors (Lipinski definition) is 1. The van der Waals surface area contributed by atoms with Crippen LogP contribution in [0.5, 0.6) is 0 Å². The molecular weight excluding hydrogens is 216 g/mol. The Kier molecular flexibility index (Phi) is 4.40. The zero-order chi connectivity index (χ0) is 12.3. The summed E-state index contributed by atoms with van der Waals surface area (Å²) in [5.41, 5.74) is 0. The van der Waals surface area contributed by atoms with Crippen LogP contribution in [0.4, 0.5) is 0 Å². The number of likely N-dealkylation sites (tertiary alicyclic amines) is 2. The maximum absolute atomic E-state index is 11.2. The van der Waals surface area contributed by atoms with E-state index in [0.29, 0.717) is 6.04 Å². The van der Waals surface area contributed by atoms with E-state index < -0.39 is 5.97 Å². The van der Waals surface area contributed by atoms with Crippen LogP contribution < -0.4 is 0 Å². The van der Waals surface area contributed by atoms with Gasteiger partial charge >= 0.3 is 5.97 Å². The molecule has 0 bridgehead atoms. The molecule has 4 heteroatoms. The summed E-state index contributed by atoms with van der Waals surface area (Å²) in [4.78, 5) is 16.0. The van der Waals surface area contributed by atoms with Crippen molar-refractivity contribution in [3.05, 3.63) is 0 Å². The number of carbonyl (C=O) groups is 1. The van der Waals surface area contributed by atoms with Crippen LogP contribution in [-0.2, 0) is 4.79 Å². The first kappa shape index (κ1) is 12.8. The van der Waals surface area contributed by atoms with Gasteiger partial charge in [0.25, 0.3) is 0 Å². The molecule has 98 valence electrons. The largest absolute Gasteiger partial charge is 0.480 e. The van der Waals surface area contributed by atoms with E-state index in [1.807, 2.05) is 0 Å². The van der Waals surface area contributed by atoms with Crippen LogP contribution in [0.25, 0.3) is 0 Å². The van der Waals surface area contributed by atoms with Gasteiger partial charge in [-0.1, -0.05) is 13.3 Å². The van der Waals surface area contributed by atoms with Crippen LogP contribution in [-0.4, -0.2) is 59.1 Å². The maximum atomic E-state index is 11.2. The normalized spacial score (nSPS) is 28.6. The van der Waals surface area contributed by atoms with Gasteiger partial charge in [0.1, 0.15) is 6.04 Å². The topological polar surface area (TPSA) is 43.8 Å². The van der Waals surface area contributed by atoms with Gasteiger partial charge in [-0.15, -0.1) is 0 Å². The van der Waals surface area contributed by atoms with Gasteiger partial charge in [0, 0.05) is 19.1 Å². The predicted molar refractivity (Wildman–Crippen MR) is 67.1 cm³/mol.